The fraction of sp³-hybridized carbons (Fsp3) is 0.611. The third-order valence-electron chi connectivity index (χ3n) is 4.31. The van der Waals surface area contributed by atoms with Crippen molar-refractivity contribution in [3.05, 3.63) is 22.7 Å². The second-order valence-electron chi connectivity index (χ2n) is 6.16. The largest absolute Gasteiger partial charge is 0.493 e. The Kier molecular flexibility index (Phi) is 7.18. The third kappa shape index (κ3) is 4.77. The Hall–Kier alpha value is -1.46. The number of methoxy groups -OCH3 is 1. The Morgan fingerprint density at radius 2 is 2.25 bits per heavy atom. The zero-order chi connectivity index (χ0) is 17.5. The average molecular weight is 355 g/mol. The molecule has 0 bridgehead atoms. The van der Waals surface area contributed by atoms with Crippen molar-refractivity contribution in [3.8, 4) is 11.5 Å². The molecule has 6 heteroatoms. The van der Waals surface area contributed by atoms with E-state index in [-0.39, 0.29) is 18.0 Å². The maximum atomic E-state index is 12.6. The molecule has 1 aromatic carbocycles. The maximum Gasteiger partial charge on any atom is 0.251 e. The number of unbranched alkanes of at least 4 members (excludes halogenated alkanes) is 1. The molecule has 5 nitrogen and oxygen atoms in total. The highest BCUT2D eigenvalue weighted by Gasteiger charge is 2.24. The van der Waals surface area contributed by atoms with E-state index in [0.717, 1.165) is 32.2 Å². The van der Waals surface area contributed by atoms with Crippen molar-refractivity contribution >= 4 is 17.5 Å². The van der Waals surface area contributed by atoms with E-state index in [0.29, 0.717) is 28.7 Å². The standard InChI is InChI=1S/C18H27ClN2O3/c1-4-5-9-24-17-14(19)10-13(11-16(17)23-3)18(22)21-15-7-6-8-20-12(15)2/h10-12,15,20H,4-9H2,1-3H3,(H,21,22). The Labute approximate surface area is 149 Å². The van der Waals surface area contributed by atoms with Crippen LogP contribution in [0.5, 0.6) is 11.5 Å². The van der Waals surface area contributed by atoms with Gasteiger partial charge in [-0.15, -0.1) is 0 Å². The van der Waals surface area contributed by atoms with E-state index >= 15 is 0 Å². The van der Waals surface area contributed by atoms with E-state index in [1.807, 2.05) is 0 Å². The zero-order valence-electron chi connectivity index (χ0n) is 14.7. The Bertz CT molecular complexity index is 565. The zero-order valence-corrected chi connectivity index (χ0v) is 15.4. The van der Waals surface area contributed by atoms with Crippen LogP contribution in [-0.4, -0.2) is 38.3 Å². The Balaban J connectivity index is 2.12. The fourth-order valence-electron chi connectivity index (χ4n) is 2.80. The van der Waals surface area contributed by atoms with Crippen molar-refractivity contribution in [2.45, 2.75) is 51.6 Å². The minimum atomic E-state index is -0.143. The van der Waals surface area contributed by atoms with E-state index < -0.39 is 0 Å². The number of nitrogens with one attached hydrogen (secondary N) is 2. The van der Waals surface area contributed by atoms with Crippen molar-refractivity contribution in [2.75, 3.05) is 20.3 Å². The number of amides is 1. The smallest absolute Gasteiger partial charge is 0.251 e. The van der Waals surface area contributed by atoms with Gasteiger partial charge in [0, 0.05) is 17.6 Å². The van der Waals surface area contributed by atoms with E-state index in [4.69, 9.17) is 21.1 Å². The molecule has 134 valence electrons. The van der Waals surface area contributed by atoms with Crippen LogP contribution in [-0.2, 0) is 0 Å². The minimum absolute atomic E-state index is 0.122. The first-order chi connectivity index (χ1) is 11.6. The lowest BCUT2D eigenvalue weighted by Gasteiger charge is -2.30. The molecule has 24 heavy (non-hydrogen) atoms. The highest BCUT2D eigenvalue weighted by Crippen LogP contribution is 2.36. The van der Waals surface area contributed by atoms with Crippen LogP contribution in [0.15, 0.2) is 12.1 Å². The van der Waals surface area contributed by atoms with Crippen LogP contribution in [0, 0.1) is 0 Å². The summed E-state index contributed by atoms with van der Waals surface area (Å²) in [4.78, 5) is 12.6. The molecule has 0 aliphatic carbocycles. The van der Waals surface area contributed by atoms with E-state index in [2.05, 4.69) is 24.5 Å². The highest BCUT2D eigenvalue weighted by molar-refractivity contribution is 6.32. The molecule has 1 aliphatic heterocycles. The molecule has 2 rings (SSSR count). The number of halogens is 1. The molecule has 1 saturated heterocycles. The van der Waals surface area contributed by atoms with Gasteiger partial charge in [0.05, 0.1) is 18.7 Å². The second kappa shape index (κ2) is 9.14. The summed E-state index contributed by atoms with van der Waals surface area (Å²) in [5.41, 5.74) is 0.484. The van der Waals surface area contributed by atoms with Gasteiger partial charge in [-0.25, -0.2) is 0 Å². The highest BCUT2D eigenvalue weighted by atomic mass is 35.5. The van der Waals surface area contributed by atoms with E-state index in [9.17, 15) is 4.79 Å². The SMILES string of the molecule is CCCCOc1c(Cl)cc(C(=O)NC2CCCNC2C)cc1OC. The van der Waals surface area contributed by atoms with Gasteiger partial charge in [-0.3, -0.25) is 4.79 Å². The molecule has 1 amide bonds. The number of hydrogen-bond acceptors (Lipinski definition) is 4. The summed E-state index contributed by atoms with van der Waals surface area (Å²) in [6.07, 6.45) is 4.01. The molecular weight excluding hydrogens is 328 g/mol. The summed E-state index contributed by atoms with van der Waals surface area (Å²) in [5.74, 6) is 0.839. The summed E-state index contributed by atoms with van der Waals surface area (Å²) in [7, 11) is 1.55. The molecule has 2 atom stereocenters. The summed E-state index contributed by atoms with van der Waals surface area (Å²) in [5, 5.41) is 6.85. The summed E-state index contributed by atoms with van der Waals surface area (Å²) in [6, 6.07) is 3.71. The third-order valence-corrected chi connectivity index (χ3v) is 4.59. The number of rotatable bonds is 7. The van der Waals surface area contributed by atoms with Crippen molar-refractivity contribution in [1.82, 2.24) is 10.6 Å². The lowest BCUT2D eigenvalue weighted by atomic mass is 9.99. The van der Waals surface area contributed by atoms with Gasteiger partial charge in [-0.05, 0) is 44.9 Å². The lowest BCUT2D eigenvalue weighted by Crippen LogP contribution is -2.51. The molecular formula is C18H27ClN2O3. The van der Waals surface area contributed by atoms with Gasteiger partial charge in [0.2, 0.25) is 0 Å². The first-order valence-corrected chi connectivity index (χ1v) is 8.99. The van der Waals surface area contributed by atoms with Gasteiger partial charge < -0.3 is 20.1 Å². The first kappa shape index (κ1) is 18.9. The van der Waals surface area contributed by atoms with Crippen molar-refractivity contribution in [3.63, 3.8) is 0 Å². The van der Waals surface area contributed by atoms with Crippen LogP contribution in [0.3, 0.4) is 0 Å². The summed E-state index contributed by atoms with van der Waals surface area (Å²) in [6.45, 7) is 5.75. The number of ether oxygens (including phenoxy) is 2. The molecule has 0 radical (unpaired) electrons. The van der Waals surface area contributed by atoms with E-state index in [1.165, 1.54) is 0 Å². The quantitative estimate of drug-likeness (QED) is 0.737. The minimum Gasteiger partial charge on any atom is -0.493 e. The maximum absolute atomic E-state index is 12.6. The normalized spacial score (nSPS) is 20.5. The second-order valence-corrected chi connectivity index (χ2v) is 6.56. The number of piperidine rings is 1. The predicted octanol–water partition coefficient (Wildman–Crippen LogP) is 3.40. The van der Waals surface area contributed by atoms with Crippen LogP contribution < -0.4 is 20.1 Å². The van der Waals surface area contributed by atoms with Gasteiger partial charge in [-0.1, -0.05) is 24.9 Å². The van der Waals surface area contributed by atoms with Crippen LogP contribution >= 0.6 is 11.6 Å². The van der Waals surface area contributed by atoms with Crippen LogP contribution in [0.4, 0.5) is 0 Å². The average Bonchev–Trinajstić information content (AvgIpc) is 2.58. The molecule has 2 unspecified atom stereocenters. The Morgan fingerprint density at radius 1 is 1.46 bits per heavy atom. The predicted molar refractivity (Wildman–Crippen MR) is 96.4 cm³/mol. The molecule has 2 N–H and O–H groups in total. The molecule has 0 aromatic heterocycles. The molecule has 1 fully saturated rings. The lowest BCUT2D eigenvalue weighted by molar-refractivity contribution is 0.0919. The molecule has 1 aliphatic rings. The Morgan fingerprint density at radius 3 is 2.92 bits per heavy atom. The summed E-state index contributed by atoms with van der Waals surface area (Å²) < 4.78 is 11.1. The van der Waals surface area contributed by atoms with Gasteiger partial charge >= 0.3 is 0 Å². The van der Waals surface area contributed by atoms with Gasteiger partial charge in [0.1, 0.15) is 0 Å². The van der Waals surface area contributed by atoms with Crippen LogP contribution in [0.1, 0.15) is 49.9 Å². The number of carbonyl (C=O) groups excluding carboxylic acids is 1. The first-order valence-electron chi connectivity index (χ1n) is 8.61. The molecule has 0 spiro atoms. The monoisotopic (exact) mass is 354 g/mol. The van der Waals surface area contributed by atoms with Gasteiger partial charge in [0.15, 0.2) is 11.5 Å². The fourth-order valence-corrected chi connectivity index (χ4v) is 3.07. The topological polar surface area (TPSA) is 59.6 Å². The summed E-state index contributed by atoms with van der Waals surface area (Å²) >= 11 is 6.31. The van der Waals surface area contributed by atoms with Crippen LogP contribution in [0.25, 0.3) is 0 Å². The van der Waals surface area contributed by atoms with Crippen molar-refractivity contribution < 1.29 is 14.3 Å². The molecule has 1 heterocycles. The molecule has 1 aromatic rings. The number of benzene rings is 1. The molecule has 0 saturated carbocycles. The van der Waals surface area contributed by atoms with Gasteiger partial charge in [0.25, 0.3) is 5.91 Å². The number of hydrogen-bond donors (Lipinski definition) is 2. The van der Waals surface area contributed by atoms with Crippen molar-refractivity contribution in [2.24, 2.45) is 0 Å². The van der Waals surface area contributed by atoms with Gasteiger partial charge in [-0.2, -0.15) is 0 Å². The van der Waals surface area contributed by atoms with Crippen molar-refractivity contribution in [1.29, 1.82) is 0 Å². The van der Waals surface area contributed by atoms with Crippen LogP contribution in [0.2, 0.25) is 5.02 Å². The van der Waals surface area contributed by atoms with E-state index in [1.54, 1.807) is 19.2 Å². The number of carbonyl (C=O) groups is 1.